The van der Waals surface area contributed by atoms with Gasteiger partial charge in [-0.15, -0.1) is 0 Å². The molecular weight excluding hydrogens is 325 g/mol. The Morgan fingerprint density at radius 2 is 1.88 bits per heavy atom. The molecule has 0 saturated heterocycles. The molecule has 24 heavy (non-hydrogen) atoms. The molecular formula is C16H15F3N2O3. The standard InChI is InChI=1S/C16H15F3N2O3/c1-10(22)24-9-15(2,16(17,18)19)14(23)21-12-7-3-5-11-6-4-8-20-13(11)12/h3-8H,9H2,1-2H3,(H,21,23). The third kappa shape index (κ3) is 3.47. The van der Waals surface area contributed by atoms with Crippen LogP contribution in [-0.2, 0) is 14.3 Å². The summed E-state index contributed by atoms with van der Waals surface area (Å²) in [4.78, 5) is 27.2. The average molecular weight is 340 g/mol. The average Bonchev–Trinajstić information content (AvgIpc) is 2.51. The first-order valence-electron chi connectivity index (χ1n) is 7.00. The van der Waals surface area contributed by atoms with E-state index in [1.807, 2.05) is 0 Å². The zero-order valence-corrected chi connectivity index (χ0v) is 13.0. The maximum Gasteiger partial charge on any atom is 0.406 e. The van der Waals surface area contributed by atoms with E-state index >= 15 is 0 Å². The fraction of sp³-hybridized carbons (Fsp3) is 0.312. The quantitative estimate of drug-likeness (QED) is 0.867. The number of hydrogen-bond acceptors (Lipinski definition) is 4. The molecule has 1 N–H and O–H groups in total. The van der Waals surface area contributed by atoms with E-state index in [-0.39, 0.29) is 5.69 Å². The van der Waals surface area contributed by atoms with Crippen LogP contribution in [0.2, 0.25) is 0 Å². The lowest BCUT2D eigenvalue weighted by atomic mass is 9.89. The van der Waals surface area contributed by atoms with Gasteiger partial charge in [0.1, 0.15) is 6.61 Å². The smallest absolute Gasteiger partial charge is 0.406 e. The number of fused-ring (bicyclic) bond motifs is 1. The number of rotatable bonds is 4. The number of nitrogens with one attached hydrogen (secondary N) is 1. The molecule has 1 atom stereocenters. The van der Waals surface area contributed by atoms with Crippen LogP contribution in [0.1, 0.15) is 13.8 Å². The molecule has 5 nitrogen and oxygen atoms in total. The number of para-hydroxylation sites is 1. The highest BCUT2D eigenvalue weighted by Gasteiger charge is 2.57. The molecule has 1 heterocycles. The van der Waals surface area contributed by atoms with E-state index in [1.165, 1.54) is 12.3 Å². The van der Waals surface area contributed by atoms with E-state index in [9.17, 15) is 22.8 Å². The van der Waals surface area contributed by atoms with Crippen LogP contribution in [0.15, 0.2) is 36.5 Å². The summed E-state index contributed by atoms with van der Waals surface area (Å²) in [6, 6.07) is 8.17. The van der Waals surface area contributed by atoms with E-state index < -0.39 is 30.1 Å². The lowest BCUT2D eigenvalue weighted by Gasteiger charge is -2.30. The van der Waals surface area contributed by atoms with Crippen molar-refractivity contribution in [3.8, 4) is 0 Å². The summed E-state index contributed by atoms with van der Waals surface area (Å²) in [6.45, 7) is 0.559. The number of amides is 1. The van der Waals surface area contributed by atoms with Crippen molar-refractivity contribution in [2.24, 2.45) is 5.41 Å². The summed E-state index contributed by atoms with van der Waals surface area (Å²) < 4.78 is 44.5. The van der Waals surface area contributed by atoms with Crippen molar-refractivity contribution in [1.29, 1.82) is 0 Å². The van der Waals surface area contributed by atoms with Crippen molar-refractivity contribution in [3.63, 3.8) is 0 Å². The predicted octanol–water partition coefficient (Wildman–Crippen LogP) is 3.31. The first-order valence-corrected chi connectivity index (χ1v) is 7.00. The van der Waals surface area contributed by atoms with Crippen molar-refractivity contribution in [1.82, 2.24) is 4.98 Å². The Morgan fingerprint density at radius 1 is 1.21 bits per heavy atom. The number of halogens is 3. The molecule has 0 aliphatic heterocycles. The molecule has 0 fully saturated rings. The minimum absolute atomic E-state index is 0.149. The van der Waals surface area contributed by atoms with Crippen LogP contribution in [0.4, 0.5) is 18.9 Å². The van der Waals surface area contributed by atoms with Crippen LogP contribution in [0.25, 0.3) is 10.9 Å². The van der Waals surface area contributed by atoms with Crippen molar-refractivity contribution in [2.75, 3.05) is 11.9 Å². The highest BCUT2D eigenvalue weighted by molar-refractivity contribution is 6.02. The molecule has 8 heteroatoms. The molecule has 0 aliphatic carbocycles. The number of ether oxygens (including phenoxy) is 1. The zero-order chi connectivity index (χ0) is 18.0. The van der Waals surface area contributed by atoms with Gasteiger partial charge in [0.05, 0.1) is 11.2 Å². The van der Waals surface area contributed by atoms with E-state index in [1.54, 1.807) is 24.3 Å². The van der Waals surface area contributed by atoms with Gasteiger partial charge in [-0.1, -0.05) is 18.2 Å². The highest BCUT2D eigenvalue weighted by atomic mass is 19.4. The summed E-state index contributed by atoms with van der Waals surface area (Å²) in [5.41, 5.74) is -2.36. The van der Waals surface area contributed by atoms with E-state index in [4.69, 9.17) is 0 Å². The molecule has 0 saturated carbocycles. The maximum atomic E-state index is 13.4. The number of anilines is 1. The number of hydrogen-bond donors (Lipinski definition) is 1. The number of carbonyl (C=O) groups excluding carboxylic acids is 2. The molecule has 0 aliphatic rings. The number of nitrogens with zero attached hydrogens (tertiary/aromatic N) is 1. The topological polar surface area (TPSA) is 68.3 Å². The minimum Gasteiger partial charge on any atom is -0.464 e. The van der Waals surface area contributed by atoms with Gasteiger partial charge < -0.3 is 10.1 Å². The Bertz CT molecular complexity index is 771. The summed E-state index contributed by atoms with van der Waals surface area (Å²) in [5, 5.41) is 2.91. The second-order valence-electron chi connectivity index (χ2n) is 5.44. The Kier molecular flexibility index (Phi) is 4.77. The van der Waals surface area contributed by atoms with Gasteiger partial charge in [0.25, 0.3) is 0 Å². The second kappa shape index (κ2) is 6.46. The summed E-state index contributed by atoms with van der Waals surface area (Å²) in [7, 11) is 0. The molecule has 1 amide bonds. The van der Waals surface area contributed by atoms with Gasteiger partial charge in [-0.05, 0) is 19.1 Å². The normalized spacial score (nSPS) is 14.0. The van der Waals surface area contributed by atoms with Gasteiger partial charge in [-0.25, -0.2) is 0 Å². The Morgan fingerprint density at radius 3 is 2.50 bits per heavy atom. The zero-order valence-electron chi connectivity index (χ0n) is 13.0. The van der Waals surface area contributed by atoms with E-state index in [0.29, 0.717) is 17.8 Å². The summed E-state index contributed by atoms with van der Waals surface area (Å²) >= 11 is 0. The minimum atomic E-state index is -4.90. The fourth-order valence-corrected chi connectivity index (χ4v) is 1.99. The number of carbonyl (C=O) groups is 2. The number of benzene rings is 1. The number of pyridine rings is 1. The van der Waals surface area contributed by atoms with Gasteiger partial charge in [0.15, 0.2) is 5.41 Å². The van der Waals surface area contributed by atoms with Crippen LogP contribution in [0.5, 0.6) is 0 Å². The Labute approximate surface area is 135 Å². The molecule has 0 radical (unpaired) electrons. The Hall–Kier alpha value is -2.64. The monoisotopic (exact) mass is 340 g/mol. The lowest BCUT2D eigenvalue weighted by Crippen LogP contribution is -2.49. The van der Waals surface area contributed by atoms with E-state index in [0.717, 1.165) is 6.92 Å². The maximum absolute atomic E-state index is 13.4. The van der Waals surface area contributed by atoms with Crippen LogP contribution in [0.3, 0.4) is 0 Å². The molecule has 1 unspecified atom stereocenters. The molecule has 2 aromatic rings. The van der Waals surface area contributed by atoms with Gasteiger partial charge in [0.2, 0.25) is 5.91 Å². The molecule has 0 bridgehead atoms. The van der Waals surface area contributed by atoms with Crippen molar-refractivity contribution in [2.45, 2.75) is 20.0 Å². The first kappa shape index (κ1) is 17.7. The van der Waals surface area contributed by atoms with E-state index in [2.05, 4.69) is 15.0 Å². The Balaban J connectivity index is 2.35. The fourth-order valence-electron chi connectivity index (χ4n) is 1.99. The largest absolute Gasteiger partial charge is 0.464 e. The molecule has 128 valence electrons. The lowest BCUT2D eigenvalue weighted by molar-refractivity contribution is -0.225. The van der Waals surface area contributed by atoms with Gasteiger partial charge in [0, 0.05) is 18.5 Å². The SMILES string of the molecule is CC(=O)OCC(C)(C(=O)Nc1cccc2cccnc12)C(F)(F)F. The van der Waals surface area contributed by atoms with Crippen LogP contribution < -0.4 is 5.32 Å². The predicted molar refractivity (Wildman–Crippen MR) is 81.2 cm³/mol. The number of esters is 1. The second-order valence-corrected chi connectivity index (χ2v) is 5.44. The first-order chi connectivity index (χ1) is 11.1. The number of alkyl halides is 3. The highest BCUT2D eigenvalue weighted by Crippen LogP contribution is 2.39. The summed E-state index contributed by atoms with van der Waals surface area (Å²) in [6.07, 6.45) is -3.43. The molecule has 1 aromatic carbocycles. The van der Waals surface area contributed by atoms with Crippen LogP contribution in [-0.4, -0.2) is 29.6 Å². The van der Waals surface area contributed by atoms with Crippen molar-refractivity contribution in [3.05, 3.63) is 36.5 Å². The number of aromatic nitrogens is 1. The van der Waals surface area contributed by atoms with Gasteiger partial charge >= 0.3 is 12.1 Å². The van der Waals surface area contributed by atoms with Crippen molar-refractivity contribution < 1.29 is 27.5 Å². The van der Waals surface area contributed by atoms with Crippen LogP contribution in [0, 0.1) is 5.41 Å². The van der Waals surface area contributed by atoms with Crippen molar-refractivity contribution >= 4 is 28.5 Å². The van der Waals surface area contributed by atoms with Crippen LogP contribution >= 0.6 is 0 Å². The molecule has 2 rings (SSSR count). The molecule has 1 aromatic heterocycles. The third-order valence-corrected chi connectivity index (χ3v) is 3.57. The third-order valence-electron chi connectivity index (χ3n) is 3.57. The summed E-state index contributed by atoms with van der Waals surface area (Å²) in [5.74, 6) is -2.22. The molecule has 0 spiro atoms. The van der Waals surface area contributed by atoms with Gasteiger partial charge in [-0.3, -0.25) is 14.6 Å². The van der Waals surface area contributed by atoms with Gasteiger partial charge in [-0.2, -0.15) is 13.2 Å².